The Balaban J connectivity index is 2.00. The van der Waals surface area contributed by atoms with Crippen molar-refractivity contribution in [3.8, 4) is 0 Å². The maximum absolute atomic E-state index is 12.6. The summed E-state index contributed by atoms with van der Waals surface area (Å²) in [6.07, 6.45) is 5.84. The van der Waals surface area contributed by atoms with Crippen LogP contribution in [-0.2, 0) is 4.79 Å². The number of aliphatic carboxylic acids is 1. The van der Waals surface area contributed by atoms with Gasteiger partial charge >= 0.3 is 12.0 Å². The lowest BCUT2D eigenvalue weighted by Gasteiger charge is -2.36. The van der Waals surface area contributed by atoms with Gasteiger partial charge in [-0.1, -0.05) is 26.2 Å². The molecule has 1 saturated heterocycles. The van der Waals surface area contributed by atoms with Crippen molar-refractivity contribution in [1.29, 1.82) is 0 Å². The van der Waals surface area contributed by atoms with Crippen LogP contribution in [0.4, 0.5) is 4.79 Å². The average molecular weight is 282 g/mol. The van der Waals surface area contributed by atoms with Gasteiger partial charge in [0.05, 0.1) is 5.92 Å². The Labute approximate surface area is 120 Å². The number of nitrogens with zero attached hydrogens (tertiary/aromatic N) is 2. The number of rotatable bonds is 3. The molecule has 0 unspecified atom stereocenters. The number of hydrogen-bond donors (Lipinski definition) is 1. The number of urea groups is 1. The Bertz CT molecular complexity index is 366. The first-order valence-electron chi connectivity index (χ1n) is 7.83. The van der Waals surface area contributed by atoms with Crippen molar-refractivity contribution in [3.63, 3.8) is 0 Å². The Morgan fingerprint density at radius 2 is 1.85 bits per heavy atom. The minimum atomic E-state index is -0.784. The Morgan fingerprint density at radius 3 is 2.35 bits per heavy atom. The van der Waals surface area contributed by atoms with Gasteiger partial charge in [0.15, 0.2) is 0 Å². The van der Waals surface area contributed by atoms with Crippen molar-refractivity contribution >= 4 is 12.0 Å². The first-order valence-corrected chi connectivity index (χ1v) is 7.83. The van der Waals surface area contributed by atoms with E-state index in [4.69, 9.17) is 0 Å². The quantitative estimate of drug-likeness (QED) is 0.864. The molecule has 1 N–H and O–H groups in total. The van der Waals surface area contributed by atoms with Crippen LogP contribution in [0.1, 0.15) is 46.0 Å². The smallest absolute Gasteiger partial charge is 0.320 e. The molecule has 0 aromatic rings. The predicted molar refractivity (Wildman–Crippen MR) is 76.5 cm³/mol. The highest BCUT2D eigenvalue weighted by Crippen LogP contribution is 2.27. The van der Waals surface area contributed by atoms with Crippen molar-refractivity contribution in [2.45, 2.75) is 52.0 Å². The van der Waals surface area contributed by atoms with E-state index in [1.165, 1.54) is 19.3 Å². The molecule has 1 aliphatic carbocycles. The minimum absolute atomic E-state index is 0.0370. The van der Waals surface area contributed by atoms with Gasteiger partial charge in [0, 0.05) is 25.7 Å². The summed E-state index contributed by atoms with van der Waals surface area (Å²) in [5.74, 6) is -1.15. The lowest BCUT2D eigenvalue weighted by Crippen LogP contribution is -2.48. The van der Waals surface area contributed by atoms with E-state index in [2.05, 4.69) is 0 Å². The van der Waals surface area contributed by atoms with Crippen molar-refractivity contribution in [2.24, 2.45) is 11.8 Å². The number of likely N-dealkylation sites (tertiary alicyclic amines) is 1. The SMILES string of the molecule is CCN(C(=O)N1C[C@@H](C)[C@H](C(=O)O)C1)C1CCCCC1. The van der Waals surface area contributed by atoms with Crippen molar-refractivity contribution < 1.29 is 14.7 Å². The monoisotopic (exact) mass is 282 g/mol. The molecule has 2 atom stereocenters. The molecule has 1 aliphatic heterocycles. The molecule has 20 heavy (non-hydrogen) atoms. The molecule has 1 saturated carbocycles. The Kier molecular flexibility index (Phi) is 4.89. The molecule has 2 amide bonds. The van der Waals surface area contributed by atoms with E-state index in [1.807, 2.05) is 18.7 Å². The fourth-order valence-electron chi connectivity index (χ4n) is 3.57. The van der Waals surface area contributed by atoms with Crippen LogP contribution in [-0.4, -0.2) is 52.6 Å². The summed E-state index contributed by atoms with van der Waals surface area (Å²) in [6, 6.07) is 0.385. The fraction of sp³-hybridized carbons (Fsp3) is 0.867. The van der Waals surface area contributed by atoms with Gasteiger partial charge in [0.1, 0.15) is 0 Å². The van der Waals surface area contributed by atoms with Crippen LogP contribution >= 0.6 is 0 Å². The van der Waals surface area contributed by atoms with Gasteiger partial charge in [0.2, 0.25) is 0 Å². The van der Waals surface area contributed by atoms with Gasteiger partial charge in [0.25, 0.3) is 0 Å². The number of carboxylic acids is 1. The summed E-state index contributed by atoms with van der Waals surface area (Å²) in [4.78, 5) is 27.5. The first-order chi connectivity index (χ1) is 9.54. The van der Waals surface area contributed by atoms with Crippen LogP contribution in [0, 0.1) is 11.8 Å². The van der Waals surface area contributed by atoms with E-state index >= 15 is 0 Å². The topological polar surface area (TPSA) is 60.9 Å². The molecule has 2 aliphatic rings. The number of amides is 2. The van der Waals surface area contributed by atoms with E-state index < -0.39 is 11.9 Å². The molecular formula is C15H26N2O3. The molecule has 2 rings (SSSR count). The van der Waals surface area contributed by atoms with Crippen LogP contribution < -0.4 is 0 Å². The molecule has 2 fully saturated rings. The zero-order chi connectivity index (χ0) is 14.7. The summed E-state index contributed by atoms with van der Waals surface area (Å²) in [6.45, 7) is 5.58. The number of carbonyl (C=O) groups excluding carboxylic acids is 1. The molecular weight excluding hydrogens is 256 g/mol. The second-order valence-electron chi connectivity index (χ2n) is 6.19. The van der Waals surface area contributed by atoms with Gasteiger partial charge in [-0.2, -0.15) is 0 Å². The normalized spacial score (nSPS) is 27.6. The minimum Gasteiger partial charge on any atom is -0.481 e. The predicted octanol–water partition coefficient (Wildman–Crippen LogP) is 2.41. The van der Waals surface area contributed by atoms with E-state index in [-0.39, 0.29) is 11.9 Å². The third-order valence-electron chi connectivity index (χ3n) is 4.80. The summed E-state index contributed by atoms with van der Waals surface area (Å²) >= 11 is 0. The molecule has 0 radical (unpaired) electrons. The Hall–Kier alpha value is -1.26. The van der Waals surface area contributed by atoms with Gasteiger partial charge < -0.3 is 14.9 Å². The highest BCUT2D eigenvalue weighted by Gasteiger charge is 2.39. The average Bonchev–Trinajstić information content (AvgIpc) is 2.83. The van der Waals surface area contributed by atoms with E-state index in [9.17, 15) is 14.7 Å². The van der Waals surface area contributed by atoms with Crippen LogP contribution in [0.25, 0.3) is 0 Å². The fourth-order valence-corrected chi connectivity index (χ4v) is 3.57. The Morgan fingerprint density at radius 1 is 1.20 bits per heavy atom. The zero-order valence-corrected chi connectivity index (χ0v) is 12.5. The first kappa shape index (κ1) is 15.1. The van der Waals surface area contributed by atoms with Crippen LogP contribution in [0.2, 0.25) is 0 Å². The summed E-state index contributed by atoms with van der Waals surface area (Å²) in [5.41, 5.74) is 0. The van der Waals surface area contributed by atoms with Gasteiger partial charge in [-0.3, -0.25) is 4.79 Å². The van der Waals surface area contributed by atoms with Gasteiger partial charge in [-0.05, 0) is 25.7 Å². The van der Waals surface area contributed by atoms with Crippen LogP contribution in [0.3, 0.4) is 0 Å². The third-order valence-corrected chi connectivity index (χ3v) is 4.80. The molecule has 5 nitrogen and oxygen atoms in total. The van der Waals surface area contributed by atoms with Crippen LogP contribution in [0.5, 0.6) is 0 Å². The van der Waals surface area contributed by atoms with Gasteiger partial charge in [-0.25, -0.2) is 4.79 Å². The number of carboxylic acid groups (broad SMARTS) is 1. The van der Waals surface area contributed by atoms with E-state index in [0.717, 1.165) is 12.8 Å². The standard InChI is InChI=1S/C15H26N2O3/c1-3-17(12-7-5-4-6-8-12)15(20)16-9-11(2)13(10-16)14(18)19/h11-13H,3-10H2,1-2H3,(H,18,19)/t11-,13-/m1/s1. The number of carbonyl (C=O) groups is 2. The van der Waals surface area contributed by atoms with Crippen molar-refractivity contribution in [3.05, 3.63) is 0 Å². The lowest BCUT2D eigenvalue weighted by molar-refractivity contribution is -0.142. The van der Waals surface area contributed by atoms with Crippen LogP contribution in [0.15, 0.2) is 0 Å². The summed E-state index contributed by atoms with van der Waals surface area (Å²) < 4.78 is 0. The molecule has 0 aromatic carbocycles. The molecule has 0 bridgehead atoms. The third kappa shape index (κ3) is 3.07. The van der Waals surface area contributed by atoms with E-state index in [0.29, 0.717) is 25.7 Å². The van der Waals surface area contributed by atoms with E-state index in [1.54, 1.807) is 4.90 Å². The highest BCUT2D eigenvalue weighted by molar-refractivity contribution is 5.78. The maximum Gasteiger partial charge on any atom is 0.320 e. The van der Waals surface area contributed by atoms with Gasteiger partial charge in [-0.15, -0.1) is 0 Å². The lowest BCUT2D eigenvalue weighted by atomic mass is 9.94. The number of hydrogen-bond acceptors (Lipinski definition) is 2. The van der Waals surface area contributed by atoms with Crippen molar-refractivity contribution in [1.82, 2.24) is 9.80 Å². The largest absolute Gasteiger partial charge is 0.481 e. The second-order valence-corrected chi connectivity index (χ2v) is 6.19. The highest BCUT2D eigenvalue weighted by atomic mass is 16.4. The zero-order valence-electron chi connectivity index (χ0n) is 12.5. The molecule has 0 aromatic heterocycles. The molecule has 0 spiro atoms. The molecule has 1 heterocycles. The summed E-state index contributed by atoms with van der Waals surface area (Å²) in [5, 5.41) is 9.18. The molecule has 114 valence electrons. The van der Waals surface area contributed by atoms with Crippen molar-refractivity contribution in [2.75, 3.05) is 19.6 Å². The summed E-state index contributed by atoms with van der Waals surface area (Å²) in [7, 11) is 0. The maximum atomic E-state index is 12.6. The second kappa shape index (κ2) is 6.46. The molecule has 5 heteroatoms.